The first-order chi connectivity index (χ1) is 15.8. The minimum absolute atomic E-state index is 0.0977. The molecule has 0 spiro atoms. The maximum atomic E-state index is 12.1. The molecule has 0 aromatic rings. The summed E-state index contributed by atoms with van der Waals surface area (Å²) in [6.45, 7) is 5.05. The van der Waals surface area contributed by atoms with E-state index in [0.29, 0.717) is 6.61 Å². The highest BCUT2D eigenvalue weighted by molar-refractivity contribution is 5.89. The number of unbranched alkanes of at least 4 members (excludes halogenated alkanes) is 13. The van der Waals surface area contributed by atoms with Crippen molar-refractivity contribution in [2.75, 3.05) is 19.8 Å². The van der Waals surface area contributed by atoms with Crippen LogP contribution in [-0.2, 0) is 19.0 Å². The van der Waals surface area contributed by atoms with Gasteiger partial charge in [0.1, 0.15) is 12.7 Å². The zero-order chi connectivity index (χ0) is 24.5. The molecule has 7 heteroatoms. The lowest BCUT2D eigenvalue weighted by atomic mass is 10.0. The molecule has 0 saturated carbocycles. The monoisotopic (exact) mass is 472 g/mol. The van der Waals surface area contributed by atoms with Crippen LogP contribution in [0, 0.1) is 0 Å². The summed E-state index contributed by atoms with van der Waals surface area (Å²) in [7, 11) is 0. The number of carbonyl (C=O) groups is 1. The van der Waals surface area contributed by atoms with Crippen LogP contribution >= 0.6 is 0 Å². The van der Waals surface area contributed by atoms with Crippen LogP contribution in [0.3, 0.4) is 0 Å². The minimum Gasteiger partial charge on any atom is -0.490 e. The summed E-state index contributed by atoms with van der Waals surface area (Å²) in [5.41, 5.74) is -1.14. The molecule has 0 radical (unpaired) electrons. The van der Waals surface area contributed by atoms with Crippen molar-refractivity contribution in [1.82, 2.24) is 0 Å². The quantitative estimate of drug-likeness (QED) is 0.163. The van der Waals surface area contributed by atoms with E-state index in [4.69, 9.17) is 14.2 Å². The van der Waals surface area contributed by atoms with Crippen molar-refractivity contribution in [2.24, 2.45) is 0 Å². The second-order valence-electron chi connectivity index (χ2n) is 9.81. The highest BCUT2D eigenvalue weighted by Crippen LogP contribution is 2.28. The van der Waals surface area contributed by atoms with Gasteiger partial charge in [-0.15, -0.1) is 0 Å². The number of hydrogen-bond donors (Lipinski definition) is 3. The second kappa shape index (κ2) is 17.2. The molecule has 1 aliphatic rings. The molecule has 33 heavy (non-hydrogen) atoms. The molecule has 0 amide bonds. The van der Waals surface area contributed by atoms with Gasteiger partial charge in [0.05, 0.1) is 18.8 Å². The van der Waals surface area contributed by atoms with Crippen LogP contribution < -0.4 is 0 Å². The summed E-state index contributed by atoms with van der Waals surface area (Å²) in [6, 6.07) is 0. The summed E-state index contributed by atoms with van der Waals surface area (Å²) in [6.07, 6.45) is 15.3. The molecule has 0 unspecified atom stereocenters. The fourth-order valence-electron chi connectivity index (χ4n) is 3.81. The third-order valence-corrected chi connectivity index (χ3v) is 5.76. The van der Waals surface area contributed by atoms with Crippen LogP contribution in [0.15, 0.2) is 11.5 Å². The van der Waals surface area contributed by atoms with Gasteiger partial charge in [-0.2, -0.15) is 0 Å². The minimum atomic E-state index is -1.29. The summed E-state index contributed by atoms with van der Waals surface area (Å²) < 4.78 is 16.3. The normalized spacial score (nSPS) is 17.4. The fourth-order valence-corrected chi connectivity index (χ4v) is 3.81. The van der Waals surface area contributed by atoms with Gasteiger partial charge in [-0.25, -0.2) is 4.79 Å². The van der Waals surface area contributed by atoms with Gasteiger partial charge >= 0.3 is 5.97 Å². The molecule has 1 heterocycles. The predicted molar refractivity (Wildman–Crippen MR) is 129 cm³/mol. The molecular weight excluding hydrogens is 424 g/mol. The predicted octanol–water partition coefficient (Wildman–Crippen LogP) is 4.76. The number of hydrogen-bond acceptors (Lipinski definition) is 7. The smallest absolute Gasteiger partial charge is 0.378 e. The van der Waals surface area contributed by atoms with Gasteiger partial charge in [0.15, 0.2) is 11.9 Å². The van der Waals surface area contributed by atoms with Crippen LogP contribution in [-0.4, -0.2) is 58.9 Å². The fraction of sp³-hybridized carbons (Fsp3) is 0.885. The number of carbonyl (C=O) groups excluding carboxylic acids is 1. The van der Waals surface area contributed by atoms with Crippen LogP contribution in [0.1, 0.15) is 111 Å². The number of rotatable bonds is 21. The lowest BCUT2D eigenvalue weighted by Gasteiger charge is -2.19. The summed E-state index contributed by atoms with van der Waals surface area (Å²) in [5, 5.41) is 29.1. The van der Waals surface area contributed by atoms with Crippen molar-refractivity contribution in [3.05, 3.63) is 11.5 Å². The second-order valence-corrected chi connectivity index (χ2v) is 9.81. The molecule has 0 fully saturated rings. The summed E-state index contributed by atoms with van der Waals surface area (Å²) in [5.74, 6) is -0.798. The summed E-state index contributed by atoms with van der Waals surface area (Å²) >= 11 is 0. The Labute approximate surface area is 200 Å². The number of cyclic esters (lactones) is 1. The third-order valence-electron chi connectivity index (χ3n) is 5.76. The van der Waals surface area contributed by atoms with E-state index in [9.17, 15) is 20.1 Å². The Morgan fingerprint density at radius 1 is 0.879 bits per heavy atom. The molecule has 0 aliphatic carbocycles. The Morgan fingerprint density at radius 2 is 1.36 bits per heavy atom. The van der Waals surface area contributed by atoms with E-state index in [1.54, 1.807) is 13.8 Å². The van der Waals surface area contributed by atoms with Gasteiger partial charge in [-0.3, -0.25) is 0 Å². The Balaban J connectivity index is 2.22. The van der Waals surface area contributed by atoms with Crippen LogP contribution in [0.25, 0.3) is 0 Å². The Hall–Kier alpha value is -1.31. The third kappa shape index (κ3) is 13.2. The van der Waals surface area contributed by atoms with Crippen molar-refractivity contribution in [3.8, 4) is 0 Å². The van der Waals surface area contributed by atoms with Gasteiger partial charge in [-0.1, -0.05) is 90.4 Å². The van der Waals surface area contributed by atoms with Crippen LogP contribution in [0.2, 0.25) is 0 Å². The molecule has 2 atom stereocenters. The van der Waals surface area contributed by atoms with Crippen molar-refractivity contribution in [1.29, 1.82) is 0 Å². The van der Waals surface area contributed by atoms with Gasteiger partial charge < -0.3 is 29.5 Å². The molecule has 0 aromatic carbocycles. The molecular formula is C26H48O7. The molecule has 3 N–H and O–H groups in total. The number of ether oxygens (including phenoxy) is 3. The number of aliphatic hydroxyl groups excluding tert-OH is 2. The Kier molecular flexibility index (Phi) is 15.5. The first-order valence-corrected chi connectivity index (χ1v) is 13.0. The molecule has 7 nitrogen and oxygen atoms in total. The van der Waals surface area contributed by atoms with E-state index < -0.39 is 30.4 Å². The van der Waals surface area contributed by atoms with Crippen molar-refractivity contribution in [3.63, 3.8) is 0 Å². The molecule has 0 aromatic heterocycles. The molecule has 0 bridgehead atoms. The Bertz CT molecular complexity index is 553. The van der Waals surface area contributed by atoms with E-state index in [-0.39, 0.29) is 18.1 Å². The molecule has 0 saturated heterocycles. The number of esters is 1. The standard InChI is InChI=1S/C26H48O7/c1-4-5-6-7-8-9-10-11-12-13-14-15-16-17-18-31-23-22(21(28)19-27)33-25(29)24(23)32-20-26(2,3)30/h21-22,27-28,30H,4-20H2,1-3H3/t21-,22+/m0/s1. The zero-order valence-electron chi connectivity index (χ0n) is 21.2. The van der Waals surface area contributed by atoms with Gasteiger partial charge in [0, 0.05) is 0 Å². The van der Waals surface area contributed by atoms with E-state index >= 15 is 0 Å². The van der Waals surface area contributed by atoms with E-state index in [0.717, 1.165) is 19.3 Å². The van der Waals surface area contributed by atoms with Crippen LogP contribution in [0.5, 0.6) is 0 Å². The Morgan fingerprint density at radius 3 is 1.82 bits per heavy atom. The van der Waals surface area contributed by atoms with Crippen molar-refractivity contribution < 1.29 is 34.3 Å². The van der Waals surface area contributed by atoms with Crippen LogP contribution in [0.4, 0.5) is 0 Å². The highest BCUT2D eigenvalue weighted by Gasteiger charge is 2.42. The summed E-state index contributed by atoms with van der Waals surface area (Å²) in [4.78, 5) is 12.1. The highest BCUT2D eigenvalue weighted by atomic mass is 16.6. The molecule has 194 valence electrons. The van der Waals surface area contributed by atoms with Gasteiger partial charge in [0.2, 0.25) is 5.76 Å². The zero-order valence-corrected chi connectivity index (χ0v) is 21.2. The molecule has 1 rings (SSSR count). The van der Waals surface area contributed by atoms with Gasteiger partial charge in [-0.05, 0) is 20.3 Å². The first-order valence-electron chi connectivity index (χ1n) is 13.0. The maximum absolute atomic E-state index is 12.1. The largest absolute Gasteiger partial charge is 0.490 e. The van der Waals surface area contributed by atoms with Crippen molar-refractivity contribution in [2.45, 2.75) is 128 Å². The lowest BCUT2D eigenvalue weighted by Crippen LogP contribution is -2.32. The SMILES string of the molecule is CCCCCCCCCCCCCCCCOC1=C(OCC(C)(C)O)C(=O)O[C@@H]1[C@@H](O)CO. The van der Waals surface area contributed by atoms with Gasteiger partial charge in [0.25, 0.3) is 0 Å². The average Bonchev–Trinajstić information content (AvgIpc) is 3.09. The van der Waals surface area contributed by atoms with E-state index in [1.807, 2.05) is 0 Å². The lowest BCUT2D eigenvalue weighted by molar-refractivity contribution is -0.149. The van der Waals surface area contributed by atoms with E-state index in [1.165, 1.54) is 70.6 Å². The van der Waals surface area contributed by atoms with E-state index in [2.05, 4.69) is 6.92 Å². The topological polar surface area (TPSA) is 105 Å². The maximum Gasteiger partial charge on any atom is 0.378 e. The first kappa shape index (κ1) is 29.7. The average molecular weight is 473 g/mol. The molecule has 1 aliphatic heterocycles. The van der Waals surface area contributed by atoms with Crippen molar-refractivity contribution >= 4 is 5.97 Å². The number of aliphatic hydroxyl groups is 3.